The Hall–Kier alpha value is -1.52. The van der Waals surface area contributed by atoms with E-state index in [9.17, 15) is 10.2 Å². The van der Waals surface area contributed by atoms with Crippen LogP contribution >= 0.6 is 0 Å². The van der Waals surface area contributed by atoms with Gasteiger partial charge in [0.05, 0.1) is 14.2 Å². The second-order valence-corrected chi connectivity index (χ2v) is 8.24. The molecule has 0 fully saturated rings. The van der Waals surface area contributed by atoms with Crippen molar-refractivity contribution in [3.63, 3.8) is 0 Å². The Kier molecular flexibility index (Phi) is 10.6. The summed E-state index contributed by atoms with van der Waals surface area (Å²) in [6.45, 7) is 10.6. The van der Waals surface area contributed by atoms with E-state index in [1.165, 1.54) is 30.9 Å². The van der Waals surface area contributed by atoms with Crippen LogP contribution < -0.4 is 0 Å². The third-order valence-corrected chi connectivity index (χ3v) is 5.66. The zero-order valence-corrected chi connectivity index (χ0v) is 18.8. The highest BCUT2D eigenvalue weighted by Crippen LogP contribution is 2.37. The largest absolute Gasteiger partial charge is 0.495 e. The lowest BCUT2D eigenvalue weighted by molar-refractivity contribution is -0.0357. The Labute approximate surface area is 171 Å². The van der Waals surface area contributed by atoms with Crippen LogP contribution in [0.25, 0.3) is 0 Å². The van der Waals surface area contributed by atoms with Crippen LogP contribution in [-0.4, -0.2) is 36.6 Å². The van der Waals surface area contributed by atoms with E-state index >= 15 is 0 Å². The molecule has 0 spiro atoms. The van der Waals surface area contributed by atoms with Crippen molar-refractivity contribution in [1.82, 2.24) is 0 Å². The molecular formula is C24H40O4. The first-order chi connectivity index (χ1) is 13.2. The lowest BCUT2D eigenvalue weighted by atomic mass is 9.76. The first-order valence-corrected chi connectivity index (χ1v) is 10.4. The topological polar surface area (TPSA) is 58.9 Å². The molecule has 0 amide bonds. The molecule has 0 saturated carbocycles. The number of hydrogen-bond acceptors (Lipinski definition) is 4. The monoisotopic (exact) mass is 392 g/mol. The summed E-state index contributed by atoms with van der Waals surface area (Å²) in [5.41, 5.74) is 4.12. The molecule has 4 nitrogen and oxygen atoms in total. The highest BCUT2D eigenvalue weighted by atomic mass is 16.5. The van der Waals surface area contributed by atoms with Crippen molar-refractivity contribution in [3.05, 3.63) is 46.5 Å². The molecular weight excluding hydrogens is 352 g/mol. The summed E-state index contributed by atoms with van der Waals surface area (Å²) in [7, 11) is 3.00. The van der Waals surface area contributed by atoms with Crippen LogP contribution in [0, 0.1) is 11.8 Å². The molecule has 2 N–H and O–H groups in total. The maximum atomic E-state index is 10.7. The second-order valence-electron chi connectivity index (χ2n) is 8.24. The van der Waals surface area contributed by atoms with Gasteiger partial charge in [-0.25, -0.2) is 0 Å². The normalized spacial score (nSPS) is 26.3. The molecule has 4 heteroatoms. The predicted molar refractivity (Wildman–Crippen MR) is 116 cm³/mol. The van der Waals surface area contributed by atoms with E-state index in [4.69, 9.17) is 9.47 Å². The van der Waals surface area contributed by atoms with Crippen LogP contribution in [0.4, 0.5) is 0 Å². The van der Waals surface area contributed by atoms with E-state index in [1.54, 1.807) is 0 Å². The summed E-state index contributed by atoms with van der Waals surface area (Å²) in [5, 5.41) is 21.2. The van der Waals surface area contributed by atoms with Crippen LogP contribution in [0.2, 0.25) is 0 Å². The lowest BCUT2D eigenvalue weighted by Gasteiger charge is -2.38. The molecule has 1 rings (SSSR count). The maximum Gasteiger partial charge on any atom is 0.165 e. The summed E-state index contributed by atoms with van der Waals surface area (Å²) in [6.07, 6.45) is 10.3. The fourth-order valence-electron chi connectivity index (χ4n) is 3.71. The standard InChI is InChI=1S/C24H40O4/c1-16(2)10-8-11-17(3)12-9-13-18(4)14-15-20-19(5)21(25)23(27-6)24(28-7)22(20)26/h10,12,14,19-22,25-26H,8-9,11,13,15H2,1-7H3. The summed E-state index contributed by atoms with van der Waals surface area (Å²) >= 11 is 0. The number of allylic oxidation sites excluding steroid dienone is 6. The Morgan fingerprint density at radius 3 is 1.86 bits per heavy atom. The molecule has 1 aliphatic rings. The molecule has 1 aliphatic carbocycles. The first kappa shape index (κ1) is 24.5. The molecule has 0 aromatic rings. The van der Waals surface area contributed by atoms with Crippen LogP contribution in [0.1, 0.15) is 66.7 Å². The summed E-state index contributed by atoms with van der Waals surface area (Å²) < 4.78 is 10.6. The van der Waals surface area contributed by atoms with Crippen molar-refractivity contribution in [1.29, 1.82) is 0 Å². The molecule has 0 heterocycles. The third-order valence-electron chi connectivity index (χ3n) is 5.66. The number of hydrogen-bond donors (Lipinski definition) is 2. The van der Waals surface area contributed by atoms with E-state index in [-0.39, 0.29) is 11.8 Å². The number of methoxy groups -OCH3 is 2. The van der Waals surface area contributed by atoms with Gasteiger partial charge in [0.1, 0.15) is 12.2 Å². The second kappa shape index (κ2) is 12.1. The maximum absolute atomic E-state index is 10.7. The molecule has 0 radical (unpaired) electrons. The molecule has 160 valence electrons. The molecule has 0 aromatic carbocycles. The Bertz CT molecular complexity index is 608. The van der Waals surface area contributed by atoms with Gasteiger partial charge in [-0.1, -0.05) is 41.9 Å². The quantitative estimate of drug-likeness (QED) is 0.496. The zero-order valence-electron chi connectivity index (χ0n) is 18.8. The number of ether oxygens (including phenoxy) is 2. The molecule has 0 aromatic heterocycles. The van der Waals surface area contributed by atoms with Gasteiger partial charge in [0.2, 0.25) is 0 Å². The van der Waals surface area contributed by atoms with Gasteiger partial charge in [0, 0.05) is 5.92 Å². The number of aliphatic hydroxyl groups is 2. The Morgan fingerprint density at radius 1 is 0.821 bits per heavy atom. The lowest BCUT2D eigenvalue weighted by Crippen LogP contribution is -2.42. The van der Waals surface area contributed by atoms with E-state index in [0.717, 1.165) is 25.7 Å². The SMILES string of the molecule is COC1=C(OC)C(O)C(CC=C(C)CCC=C(C)CCC=C(C)C)C(C)C1O. The average molecular weight is 393 g/mol. The summed E-state index contributed by atoms with van der Waals surface area (Å²) in [5.74, 6) is 0.484. The fraction of sp³-hybridized carbons (Fsp3) is 0.667. The molecule has 0 saturated heterocycles. The van der Waals surface area contributed by atoms with E-state index in [2.05, 4.69) is 45.9 Å². The molecule has 0 bridgehead atoms. The molecule has 4 unspecified atom stereocenters. The first-order valence-electron chi connectivity index (χ1n) is 10.4. The van der Waals surface area contributed by atoms with Crippen LogP contribution in [0.15, 0.2) is 46.5 Å². The van der Waals surface area contributed by atoms with Gasteiger partial charge < -0.3 is 19.7 Å². The van der Waals surface area contributed by atoms with Gasteiger partial charge >= 0.3 is 0 Å². The minimum atomic E-state index is -0.764. The third kappa shape index (κ3) is 7.14. The van der Waals surface area contributed by atoms with Crippen LogP contribution in [-0.2, 0) is 9.47 Å². The smallest absolute Gasteiger partial charge is 0.165 e. The van der Waals surface area contributed by atoms with Crippen molar-refractivity contribution < 1.29 is 19.7 Å². The van der Waals surface area contributed by atoms with Gasteiger partial charge in [-0.05, 0) is 65.7 Å². The van der Waals surface area contributed by atoms with Crippen molar-refractivity contribution in [2.75, 3.05) is 14.2 Å². The van der Waals surface area contributed by atoms with Crippen molar-refractivity contribution in [2.45, 2.75) is 78.9 Å². The highest BCUT2D eigenvalue weighted by Gasteiger charge is 2.42. The molecule has 0 aliphatic heterocycles. The van der Waals surface area contributed by atoms with Crippen molar-refractivity contribution in [3.8, 4) is 0 Å². The fourth-order valence-corrected chi connectivity index (χ4v) is 3.71. The minimum absolute atomic E-state index is 0.0971. The van der Waals surface area contributed by atoms with Gasteiger partial charge in [-0.2, -0.15) is 0 Å². The van der Waals surface area contributed by atoms with Gasteiger partial charge in [-0.15, -0.1) is 0 Å². The number of aliphatic hydroxyl groups excluding tert-OH is 2. The zero-order chi connectivity index (χ0) is 21.3. The van der Waals surface area contributed by atoms with Gasteiger partial charge in [0.25, 0.3) is 0 Å². The number of rotatable bonds is 10. The van der Waals surface area contributed by atoms with Gasteiger partial charge in [0.15, 0.2) is 11.5 Å². The Morgan fingerprint density at radius 2 is 1.32 bits per heavy atom. The summed E-state index contributed by atoms with van der Waals surface area (Å²) in [4.78, 5) is 0. The van der Waals surface area contributed by atoms with Crippen molar-refractivity contribution >= 4 is 0 Å². The molecule has 28 heavy (non-hydrogen) atoms. The predicted octanol–water partition coefficient (Wildman–Crippen LogP) is 5.29. The summed E-state index contributed by atoms with van der Waals surface area (Å²) in [6, 6.07) is 0. The van der Waals surface area contributed by atoms with Crippen LogP contribution in [0.5, 0.6) is 0 Å². The van der Waals surface area contributed by atoms with E-state index in [0.29, 0.717) is 17.9 Å². The molecule has 4 atom stereocenters. The Balaban J connectivity index is 2.62. The highest BCUT2D eigenvalue weighted by molar-refractivity contribution is 5.20. The average Bonchev–Trinajstić information content (AvgIpc) is 2.64. The van der Waals surface area contributed by atoms with Gasteiger partial charge in [-0.3, -0.25) is 0 Å². The van der Waals surface area contributed by atoms with Crippen molar-refractivity contribution in [2.24, 2.45) is 11.8 Å². The minimum Gasteiger partial charge on any atom is -0.495 e. The van der Waals surface area contributed by atoms with E-state index in [1.807, 2.05) is 6.92 Å². The van der Waals surface area contributed by atoms with Crippen LogP contribution in [0.3, 0.4) is 0 Å². The van der Waals surface area contributed by atoms with E-state index < -0.39 is 12.2 Å².